The monoisotopic (exact) mass is 526 g/mol. The van der Waals surface area contributed by atoms with Crippen molar-refractivity contribution in [2.45, 2.75) is 23.5 Å². The first-order valence-electron chi connectivity index (χ1n) is 10.4. The average molecular weight is 527 g/mol. The van der Waals surface area contributed by atoms with Gasteiger partial charge in [-0.1, -0.05) is 30.3 Å². The van der Waals surface area contributed by atoms with E-state index in [1.807, 2.05) is 0 Å². The Balaban J connectivity index is 1.92. The molecule has 0 heterocycles. The average Bonchev–Trinajstić information content (AvgIpc) is 2.84. The summed E-state index contributed by atoms with van der Waals surface area (Å²) in [6.45, 7) is 0. The Labute approximate surface area is 205 Å². The molecule has 3 aromatic carbocycles. The zero-order valence-electron chi connectivity index (χ0n) is 19.1. The first-order valence-corrected chi connectivity index (χ1v) is 11.9. The molecule has 0 saturated heterocycles. The summed E-state index contributed by atoms with van der Waals surface area (Å²) in [6.07, 6.45) is -5.10. The molecular weight excluding hydrogens is 504 g/mol. The molecule has 3 aromatic rings. The fourth-order valence-electron chi connectivity index (χ4n) is 3.33. The number of rotatable bonds is 9. The van der Waals surface area contributed by atoms with Gasteiger partial charge in [-0.05, 0) is 42.3 Å². The van der Waals surface area contributed by atoms with Crippen LogP contribution in [0.1, 0.15) is 11.1 Å². The molecule has 0 bridgehead atoms. The zero-order chi connectivity index (χ0) is 26.5. The first-order chi connectivity index (χ1) is 16.9. The SMILES string of the molecule is COc1ccc(S(=O)(=O)NC(Cc2ccccc2)C(=O)Nc2ccc(F)c(C(F)(F)F)c2)cc1OC. The fourth-order valence-corrected chi connectivity index (χ4v) is 4.54. The van der Waals surface area contributed by atoms with Crippen LogP contribution in [0.4, 0.5) is 23.2 Å². The van der Waals surface area contributed by atoms with E-state index >= 15 is 0 Å². The van der Waals surface area contributed by atoms with Gasteiger partial charge in [-0.2, -0.15) is 17.9 Å². The van der Waals surface area contributed by atoms with E-state index in [4.69, 9.17) is 9.47 Å². The van der Waals surface area contributed by atoms with Gasteiger partial charge in [0.05, 0.1) is 24.7 Å². The number of nitrogens with one attached hydrogen (secondary N) is 2. The van der Waals surface area contributed by atoms with Crippen LogP contribution in [0.2, 0.25) is 0 Å². The number of halogens is 4. The molecule has 1 amide bonds. The van der Waals surface area contributed by atoms with Gasteiger partial charge in [-0.15, -0.1) is 0 Å². The summed E-state index contributed by atoms with van der Waals surface area (Å²) in [5, 5.41) is 2.24. The van der Waals surface area contributed by atoms with E-state index in [0.29, 0.717) is 17.7 Å². The Hall–Kier alpha value is -3.64. The first kappa shape index (κ1) is 27.0. The van der Waals surface area contributed by atoms with Crippen molar-refractivity contribution in [3.63, 3.8) is 0 Å². The van der Waals surface area contributed by atoms with Crippen LogP contribution in [0.15, 0.2) is 71.6 Å². The molecule has 0 aliphatic carbocycles. The molecule has 7 nitrogen and oxygen atoms in total. The Morgan fingerprint density at radius 1 is 0.944 bits per heavy atom. The highest BCUT2D eigenvalue weighted by molar-refractivity contribution is 7.89. The second-order valence-electron chi connectivity index (χ2n) is 7.56. The lowest BCUT2D eigenvalue weighted by Crippen LogP contribution is -2.45. The molecule has 2 N–H and O–H groups in total. The smallest absolute Gasteiger partial charge is 0.419 e. The number of carbonyl (C=O) groups excluding carboxylic acids is 1. The molecule has 0 spiro atoms. The van der Waals surface area contributed by atoms with Crippen LogP contribution >= 0.6 is 0 Å². The molecule has 0 saturated carbocycles. The summed E-state index contributed by atoms with van der Waals surface area (Å²) in [5.74, 6) is -2.03. The molecule has 0 radical (unpaired) electrons. The number of hydrogen-bond donors (Lipinski definition) is 2. The van der Waals surface area contributed by atoms with Crippen molar-refractivity contribution < 1.29 is 40.2 Å². The lowest BCUT2D eigenvalue weighted by atomic mass is 10.1. The van der Waals surface area contributed by atoms with Gasteiger partial charge in [-0.3, -0.25) is 4.79 Å². The van der Waals surface area contributed by atoms with Crippen molar-refractivity contribution in [2.75, 3.05) is 19.5 Å². The molecule has 12 heteroatoms. The Morgan fingerprint density at radius 3 is 2.22 bits per heavy atom. The molecule has 0 aliphatic rings. The maximum absolute atomic E-state index is 13.6. The highest BCUT2D eigenvalue weighted by Crippen LogP contribution is 2.33. The topological polar surface area (TPSA) is 93.7 Å². The van der Waals surface area contributed by atoms with Gasteiger partial charge in [0, 0.05) is 11.8 Å². The molecule has 0 fully saturated rings. The number of hydrogen-bond acceptors (Lipinski definition) is 5. The quantitative estimate of drug-likeness (QED) is 0.404. The summed E-state index contributed by atoms with van der Waals surface area (Å²) in [4.78, 5) is 12.8. The highest BCUT2D eigenvalue weighted by Gasteiger charge is 2.35. The lowest BCUT2D eigenvalue weighted by Gasteiger charge is -2.20. The predicted octanol–water partition coefficient (Wildman–Crippen LogP) is 4.39. The van der Waals surface area contributed by atoms with Crippen molar-refractivity contribution >= 4 is 21.6 Å². The van der Waals surface area contributed by atoms with Crippen LogP contribution in [0.25, 0.3) is 0 Å². The molecule has 36 heavy (non-hydrogen) atoms. The Morgan fingerprint density at radius 2 is 1.61 bits per heavy atom. The van der Waals surface area contributed by atoms with Crippen molar-refractivity contribution in [1.29, 1.82) is 0 Å². The van der Waals surface area contributed by atoms with E-state index < -0.39 is 39.5 Å². The van der Waals surface area contributed by atoms with Gasteiger partial charge in [0.15, 0.2) is 11.5 Å². The molecule has 192 valence electrons. The molecule has 0 aliphatic heterocycles. The van der Waals surface area contributed by atoms with Gasteiger partial charge < -0.3 is 14.8 Å². The number of methoxy groups -OCH3 is 2. The minimum Gasteiger partial charge on any atom is -0.493 e. The number of carbonyl (C=O) groups is 1. The van der Waals surface area contributed by atoms with E-state index in [1.165, 1.54) is 32.4 Å². The van der Waals surface area contributed by atoms with Gasteiger partial charge in [-0.25, -0.2) is 12.8 Å². The highest BCUT2D eigenvalue weighted by atomic mass is 32.2. The maximum atomic E-state index is 13.6. The number of amides is 1. The standard InChI is InChI=1S/C24H22F4N2O5S/c1-34-21-11-9-17(14-22(21)35-2)36(32,33)30-20(12-15-6-4-3-5-7-15)23(31)29-16-8-10-19(25)18(13-16)24(26,27)28/h3-11,13-14,20,30H,12H2,1-2H3,(H,29,31). The molecule has 3 rings (SSSR count). The summed E-state index contributed by atoms with van der Waals surface area (Å²) in [5.41, 5.74) is -1.33. The summed E-state index contributed by atoms with van der Waals surface area (Å²) >= 11 is 0. The van der Waals surface area contributed by atoms with Gasteiger partial charge in [0.25, 0.3) is 0 Å². The second-order valence-corrected chi connectivity index (χ2v) is 9.28. The summed E-state index contributed by atoms with van der Waals surface area (Å²) in [6, 6.07) is 12.8. The van der Waals surface area contributed by atoms with Crippen LogP contribution in [0.3, 0.4) is 0 Å². The van der Waals surface area contributed by atoms with Crippen LogP contribution in [-0.2, 0) is 27.4 Å². The third-order valence-electron chi connectivity index (χ3n) is 5.10. The van der Waals surface area contributed by atoms with Crippen molar-refractivity contribution in [3.05, 3.63) is 83.7 Å². The predicted molar refractivity (Wildman–Crippen MR) is 124 cm³/mol. The van der Waals surface area contributed by atoms with Gasteiger partial charge in [0.2, 0.25) is 15.9 Å². The number of anilines is 1. The fraction of sp³-hybridized carbons (Fsp3) is 0.208. The molecule has 0 aromatic heterocycles. The van der Waals surface area contributed by atoms with Crippen LogP contribution in [0, 0.1) is 5.82 Å². The third-order valence-corrected chi connectivity index (χ3v) is 6.57. The van der Waals surface area contributed by atoms with E-state index in [-0.39, 0.29) is 28.5 Å². The minimum absolute atomic E-state index is 0.119. The maximum Gasteiger partial charge on any atom is 0.419 e. The van der Waals surface area contributed by atoms with Gasteiger partial charge in [0.1, 0.15) is 11.9 Å². The van der Waals surface area contributed by atoms with E-state index in [1.54, 1.807) is 30.3 Å². The molecule has 1 unspecified atom stereocenters. The second kappa shape index (κ2) is 11.0. The van der Waals surface area contributed by atoms with Crippen LogP contribution in [0.5, 0.6) is 11.5 Å². The minimum atomic E-state index is -4.98. The number of alkyl halides is 3. The number of sulfonamides is 1. The van der Waals surface area contributed by atoms with Crippen molar-refractivity contribution in [2.24, 2.45) is 0 Å². The van der Waals surface area contributed by atoms with Crippen LogP contribution in [-0.4, -0.2) is 34.6 Å². The Bertz CT molecular complexity index is 1330. The summed E-state index contributed by atoms with van der Waals surface area (Å²) in [7, 11) is -1.60. The third kappa shape index (κ3) is 6.52. The lowest BCUT2D eigenvalue weighted by molar-refractivity contribution is -0.140. The number of ether oxygens (including phenoxy) is 2. The van der Waals surface area contributed by atoms with Crippen molar-refractivity contribution in [3.8, 4) is 11.5 Å². The molecular formula is C24H22F4N2O5S. The van der Waals surface area contributed by atoms with E-state index in [0.717, 1.165) is 6.07 Å². The summed E-state index contributed by atoms with van der Waals surface area (Å²) < 4.78 is 91.6. The van der Waals surface area contributed by atoms with Crippen molar-refractivity contribution in [1.82, 2.24) is 4.72 Å². The Kier molecular flexibility index (Phi) is 8.21. The molecule has 1 atom stereocenters. The normalized spacial score (nSPS) is 12.6. The number of benzene rings is 3. The van der Waals surface area contributed by atoms with E-state index in [9.17, 15) is 30.8 Å². The van der Waals surface area contributed by atoms with E-state index in [2.05, 4.69) is 10.0 Å². The zero-order valence-corrected chi connectivity index (χ0v) is 19.9. The largest absolute Gasteiger partial charge is 0.493 e. The van der Waals surface area contributed by atoms with Crippen LogP contribution < -0.4 is 19.5 Å². The van der Waals surface area contributed by atoms with Gasteiger partial charge >= 0.3 is 6.18 Å².